The first-order chi connectivity index (χ1) is 15.6. The maximum atomic E-state index is 13.2. The van der Waals surface area contributed by atoms with Gasteiger partial charge in [-0.25, -0.2) is 8.42 Å². The average molecular weight is 474 g/mol. The Morgan fingerprint density at radius 2 is 1.76 bits per heavy atom. The van der Waals surface area contributed by atoms with Gasteiger partial charge in [-0.2, -0.15) is 0 Å². The van der Waals surface area contributed by atoms with Crippen LogP contribution < -0.4 is 9.62 Å². The van der Waals surface area contributed by atoms with Crippen LogP contribution in [0.4, 0.5) is 5.69 Å². The van der Waals surface area contributed by atoms with Gasteiger partial charge in [-0.05, 0) is 44.4 Å². The summed E-state index contributed by atoms with van der Waals surface area (Å²) >= 11 is 0. The lowest BCUT2D eigenvalue weighted by atomic mass is 10.1. The summed E-state index contributed by atoms with van der Waals surface area (Å²) in [5.41, 5.74) is 2.59. The van der Waals surface area contributed by atoms with Gasteiger partial charge in [0, 0.05) is 26.1 Å². The Bertz CT molecular complexity index is 1020. The maximum Gasteiger partial charge on any atom is 0.242 e. The van der Waals surface area contributed by atoms with Crippen LogP contribution in [-0.2, 0) is 26.2 Å². The van der Waals surface area contributed by atoms with Gasteiger partial charge in [0.15, 0.2) is 0 Å². The van der Waals surface area contributed by atoms with Crippen molar-refractivity contribution in [3.63, 3.8) is 0 Å². The standard InChI is InChI=1S/C25H35N3O4S/c1-5-16-26-25(30)21(3)27(19-22-12-9-11-20(2)18-22)24(29)15-10-17-28(33(4,31)32)23-13-7-6-8-14-23/h6-9,11-14,18,21H,5,10,15-17,19H2,1-4H3,(H,26,30)/t21-/m1/s1. The number of hydrogen-bond acceptors (Lipinski definition) is 4. The molecule has 0 spiro atoms. The van der Waals surface area contributed by atoms with Crippen molar-refractivity contribution < 1.29 is 18.0 Å². The van der Waals surface area contributed by atoms with Crippen LogP contribution in [-0.4, -0.2) is 50.5 Å². The van der Waals surface area contributed by atoms with Gasteiger partial charge >= 0.3 is 0 Å². The summed E-state index contributed by atoms with van der Waals surface area (Å²) in [5.74, 6) is -0.378. The molecule has 1 atom stereocenters. The van der Waals surface area contributed by atoms with E-state index in [1.54, 1.807) is 36.1 Å². The van der Waals surface area contributed by atoms with E-state index in [1.165, 1.54) is 4.31 Å². The van der Waals surface area contributed by atoms with Gasteiger partial charge in [-0.15, -0.1) is 0 Å². The second-order valence-corrected chi connectivity index (χ2v) is 10.2. The van der Waals surface area contributed by atoms with Crippen molar-refractivity contribution >= 4 is 27.5 Å². The molecule has 8 heteroatoms. The lowest BCUT2D eigenvalue weighted by Crippen LogP contribution is -2.47. The molecule has 2 aromatic carbocycles. The summed E-state index contributed by atoms with van der Waals surface area (Å²) < 4.78 is 25.9. The minimum Gasteiger partial charge on any atom is -0.354 e. The molecule has 2 rings (SSSR count). The highest BCUT2D eigenvalue weighted by Crippen LogP contribution is 2.19. The number of carbonyl (C=O) groups excluding carboxylic acids is 2. The Morgan fingerprint density at radius 3 is 2.36 bits per heavy atom. The van der Waals surface area contributed by atoms with E-state index in [9.17, 15) is 18.0 Å². The summed E-state index contributed by atoms with van der Waals surface area (Å²) in [7, 11) is -3.49. The third-order valence-electron chi connectivity index (χ3n) is 5.35. The zero-order valence-corrected chi connectivity index (χ0v) is 20.8. The number of amides is 2. The maximum absolute atomic E-state index is 13.2. The average Bonchev–Trinajstić information content (AvgIpc) is 2.77. The molecule has 7 nitrogen and oxygen atoms in total. The topological polar surface area (TPSA) is 86.8 Å². The monoisotopic (exact) mass is 473 g/mol. The first kappa shape index (κ1) is 26.4. The molecule has 0 aliphatic heterocycles. The number of benzene rings is 2. The van der Waals surface area contributed by atoms with Crippen LogP contribution in [0.15, 0.2) is 54.6 Å². The number of para-hydroxylation sites is 1. The van der Waals surface area contributed by atoms with Crippen molar-refractivity contribution in [2.75, 3.05) is 23.7 Å². The second kappa shape index (κ2) is 12.4. The first-order valence-corrected chi connectivity index (χ1v) is 13.1. The van der Waals surface area contributed by atoms with E-state index in [0.29, 0.717) is 25.2 Å². The Labute approximate surface area is 197 Å². The molecule has 0 saturated carbocycles. The fourth-order valence-electron chi connectivity index (χ4n) is 3.58. The third kappa shape index (κ3) is 8.20. The summed E-state index contributed by atoms with van der Waals surface area (Å²) in [4.78, 5) is 27.4. The van der Waals surface area contributed by atoms with Crippen LogP contribution in [0.5, 0.6) is 0 Å². The summed E-state index contributed by atoms with van der Waals surface area (Å²) in [6, 6.07) is 16.0. The lowest BCUT2D eigenvalue weighted by Gasteiger charge is -2.29. The van der Waals surface area contributed by atoms with E-state index in [-0.39, 0.29) is 24.8 Å². The van der Waals surface area contributed by atoms with Crippen molar-refractivity contribution in [1.29, 1.82) is 0 Å². The number of nitrogens with zero attached hydrogens (tertiary/aromatic N) is 2. The Hall–Kier alpha value is -2.87. The molecule has 0 aliphatic carbocycles. The zero-order chi connectivity index (χ0) is 24.4. The first-order valence-electron chi connectivity index (χ1n) is 11.3. The second-order valence-electron chi connectivity index (χ2n) is 8.25. The van der Waals surface area contributed by atoms with Crippen molar-refractivity contribution in [2.24, 2.45) is 0 Å². The fraction of sp³-hybridized carbons (Fsp3) is 0.440. The predicted octanol–water partition coefficient (Wildman–Crippen LogP) is 3.48. The van der Waals surface area contributed by atoms with Crippen molar-refractivity contribution in [3.05, 3.63) is 65.7 Å². The van der Waals surface area contributed by atoms with Crippen LogP contribution in [0.1, 0.15) is 44.2 Å². The normalized spacial score (nSPS) is 12.1. The molecule has 0 fully saturated rings. The zero-order valence-electron chi connectivity index (χ0n) is 20.0. The van der Waals surface area contributed by atoms with Gasteiger partial charge in [-0.1, -0.05) is 55.0 Å². The summed E-state index contributed by atoms with van der Waals surface area (Å²) in [6.07, 6.45) is 2.45. The van der Waals surface area contributed by atoms with Crippen LogP contribution in [0.3, 0.4) is 0 Å². The molecule has 180 valence electrons. The van der Waals surface area contributed by atoms with Gasteiger partial charge in [0.1, 0.15) is 6.04 Å². The minimum absolute atomic E-state index is 0.135. The van der Waals surface area contributed by atoms with Crippen molar-refractivity contribution in [3.8, 4) is 0 Å². The molecule has 33 heavy (non-hydrogen) atoms. The van der Waals surface area contributed by atoms with E-state index in [0.717, 1.165) is 23.8 Å². The number of sulfonamides is 1. The number of aryl methyl sites for hydroxylation is 1. The van der Waals surface area contributed by atoms with Crippen LogP contribution >= 0.6 is 0 Å². The highest BCUT2D eigenvalue weighted by Gasteiger charge is 2.26. The SMILES string of the molecule is CCCNC(=O)[C@@H](C)N(Cc1cccc(C)c1)C(=O)CCCN(c1ccccc1)S(C)(=O)=O. The van der Waals surface area contributed by atoms with E-state index in [4.69, 9.17) is 0 Å². The number of rotatable bonds is 12. The van der Waals surface area contributed by atoms with Crippen molar-refractivity contribution in [2.45, 2.75) is 52.6 Å². The largest absolute Gasteiger partial charge is 0.354 e. The number of carbonyl (C=O) groups is 2. The van der Waals surface area contributed by atoms with Gasteiger partial charge in [-0.3, -0.25) is 13.9 Å². The van der Waals surface area contributed by atoms with Crippen molar-refractivity contribution in [1.82, 2.24) is 10.2 Å². The molecule has 0 saturated heterocycles. The molecule has 0 heterocycles. The van der Waals surface area contributed by atoms with Crippen LogP contribution in [0.25, 0.3) is 0 Å². The van der Waals surface area contributed by atoms with Gasteiger partial charge in [0.2, 0.25) is 21.8 Å². The predicted molar refractivity (Wildman–Crippen MR) is 132 cm³/mol. The smallest absolute Gasteiger partial charge is 0.242 e. The number of nitrogens with one attached hydrogen (secondary N) is 1. The van der Waals surface area contributed by atoms with E-state index in [1.807, 2.05) is 44.2 Å². The van der Waals surface area contributed by atoms with Crippen LogP contribution in [0.2, 0.25) is 0 Å². The Morgan fingerprint density at radius 1 is 1.06 bits per heavy atom. The minimum atomic E-state index is -3.49. The fourth-order valence-corrected chi connectivity index (χ4v) is 4.55. The molecule has 2 amide bonds. The van der Waals surface area contributed by atoms with E-state index < -0.39 is 16.1 Å². The van der Waals surface area contributed by atoms with Gasteiger partial charge in [0.05, 0.1) is 11.9 Å². The summed E-state index contributed by atoms with van der Waals surface area (Å²) in [5, 5.41) is 2.86. The Balaban J connectivity index is 2.13. The molecule has 2 aromatic rings. The van der Waals surface area contributed by atoms with E-state index >= 15 is 0 Å². The molecule has 0 radical (unpaired) electrons. The molecule has 0 aliphatic rings. The van der Waals surface area contributed by atoms with Crippen LogP contribution in [0, 0.1) is 6.92 Å². The third-order valence-corrected chi connectivity index (χ3v) is 6.54. The lowest BCUT2D eigenvalue weighted by molar-refractivity contribution is -0.140. The molecular weight excluding hydrogens is 438 g/mol. The molecule has 1 N–H and O–H groups in total. The number of anilines is 1. The molecule has 0 unspecified atom stereocenters. The quantitative estimate of drug-likeness (QED) is 0.511. The highest BCUT2D eigenvalue weighted by atomic mass is 32.2. The van der Waals surface area contributed by atoms with Gasteiger partial charge in [0.25, 0.3) is 0 Å². The molecule has 0 aromatic heterocycles. The summed E-state index contributed by atoms with van der Waals surface area (Å²) in [6.45, 7) is 6.73. The van der Waals surface area contributed by atoms with Gasteiger partial charge < -0.3 is 10.2 Å². The molecule has 0 bridgehead atoms. The highest BCUT2D eigenvalue weighted by molar-refractivity contribution is 7.92. The molecular formula is C25H35N3O4S. The number of hydrogen-bond donors (Lipinski definition) is 1. The van der Waals surface area contributed by atoms with E-state index in [2.05, 4.69) is 5.32 Å². The Kier molecular flexibility index (Phi) is 9.91.